The number of benzene rings is 2. The average molecular weight is 483 g/mol. The molecule has 1 amide bonds. The SMILES string of the molecule is Cc1nn(-c2ccccc2)c(C)c1CN(C)C(=O)c1cccc(S(=O)(=O)NC[C@H]2CCCO2)c1. The molecule has 0 bridgehead atoms. The molecule has 0 spiro atoms. The minimum atomic E-state index is -3.74. The standard InChI is InChI=1S/C25H30N4O4S/c1-18-24(19(2)29(27-18)21-10-5-4-6-11-21)17-28(3)25(30)20-9-7-13-23(15-20)34(31,32)26-16-22-12-8-14-33-22/h4-7,9-11,13,15,22,26H,8,12,14,16-17H2,1-3H3/t22-/m1/s1. The number of amides is 1. The summed E-state index contributed by atoms with van der Waals surface area (Å²) >= 11 is 0. The summed E-state index contributed by atoms with van der Waals surface area (Å²) in [6, 6.07) is 16.0. The van der Waals surface area contributed by atoms with Crippen LogP contribution in [0.25, 0.3) is 5.69 Å². The third-order valence-electron chi connectivity index (χ3n) is 6.10. The Hall–Kier alpha value is -3.01. The fraction of sp³-hybridized carbons (Fsp3) is 0.360. The molecular formula is C25H30N4O4S. The van der Waals surface area contributed by atoms with Crippen LogP contribution in [0.5, 0.6) is 0 Å². The summed E-state index contributed by atoms with van der Waals surface area (Å²) in [7, 11) is -2.04. The molecule has 1 aliphatic rings. The van der Waals surface area contributed by atoms with Gasteiger partial charge in [0.1, 0.15) is 0 Å². The van der Waals surface area contributed by atoms with E-state index in [1.807, 2.05) is 48.9 Å². The maximum atomic E-state index is 13.2. The molecule has 1 aromatic heterocycles. The fourth-order valence-electron chi connectivity index (χ4n) is 4.14. The van der Waals surface area contributed by atoms with Crippen molar-refractivity contribution < 1.29 is 17.9 Å². The van der Waals surface area contributed by atoms with Crippen LogP contribution in [-0.4, -0.2) is 55.3 Å². The highest BCUT2D eigenvalue weighted by molar-refractivity contribution is 7.89. The highest BCUT2D eigenvalue weighted by Crippen LogP contribution is 2.21. The third-order valence-corrected chi connectivity index (χ3v) is 7.52. The van der Waals surface area contributed by atoms with Crippen LogP contribution in [0.3, 0.4) is 0 Å². The van der Waals surface area contributed by atoms with Crippen molar-refractivity contribution in [2.75, 3.05) is 20.2 Å². The van der Waals surface area contributed by atoms with E-state index in [1.54, 1.807) is 24.1 Å². The van der Waals surface area contributed by atoms with E-state index >= 15 is 0 Å². The lowest BCUT2D eigenvalue weighted by Gasteiger charge is -2.18. The maximum absolute atomic E-state index is 13.2. The number of carbonyl (C=O) groups is 1. The number of aromatic nitrogens is 2. The Morgan fingerprint density at radius 2 is 1.94 bits per heavy atom. The van der Waals surface area contributed by atoms with Crippen molar-refractivity contribution >= 4 is 15.9 Å². The largest absolute Gasteiger partial charge is 0.377 e. The van der Waals surface area contributed by atoms with Gasteiger partial charge in [-0.15, -0.1) is 0 Å². The number of ether oxygens (including phenoxy) is 1. The second-order valence-electron chi connectivity index (χ2n) is 8.57. The lowest BCUT2D eigenvalue weighted by atomic mass is 10.1. The van der Waals surface area contributed by atoms with Gasteiger partial charge in [0.05, 0.1) is 22.4 Å². The van der Waals surface area contributed by atoms with Crippen molar-refractivity contribution in [3.8, 4) is 5.69 Å². The lowest BCUT2D eigenvalue weighted by molar-refractivity contribution is 0.0784. The molecule has 0 saturated carbocycles. The number of nitrogens with one attached hydrogen (secondary N) is 1. The Morgan fingerprint density at radius 1 is 1.18 bits per heavy atom. The molecule has 1 saturated heterocycles. The Labute approximate surface area is 200 Å². The molecular weight excluding hydrogens is 452 g/mol. The Balaban J connectivity index is 1.49. The van der Waals surface area contributed by atoms with Gasteiger partial charge < -0.3 is 9.64 Å². The molecule has 1 N–H and O–H groups in total. The van der Waals surface area contributed by atoms with Crippen LogP contribution in [-0.2, 0) is 21.3 Å². The van der Waals surface area contributed by atoms with Crippen LogP contribution in [0.15, 0.2) is 59.5 Å². The molecule has 4 rings (SSSR count). The van der Waals surface area contributed by atoms with E-state index in [4.69, 9.17) is 4.74 Å². The van der Waals surface area contributed by atoms with Crippen LogP contribution in [0.1, 0.15) is 40.2 Å². The van der Waals surface area contributed by atoms with Crippen molar-refractivity contribution in [1.29, 1.82) is 0 Å². The van der Waals surface area contributed by atoms with Gasteiger partial charge in [0.2, 0.25) is 10.0 Å². The molecule has 34 heavy (non-hydrogen) atoms. The Bertz CT molecular complexity index is 1270. The van der Waals surface area contributed by atoms with Crippen LogP contribution in [0.2, 0.25) is 0 Å². The van der Waals surface area contributed by atoms with E-state index in [1.165, 1.54) is 12.1 Å². The zero-order valence-corrected chi connectivity index (χ0v) is 20.5. The van der Waals surface area contributed by atoms with Crippen molar-refractivity contribution in [2.24, 2.45) is 0 Å². The summed E-state index contributed by atoms with van der Waals surface area (Å²) < 4.78 is 35.5. The topological polar surface area (TPSA) is 93.5 Å². The first-order chi connectivity index (χ1) is 16.3. The molecule has 1 fully saturated rings. The molecule has 8 nitrogen and oxygen atoms in total. The van der Waals surface area contributed by atoms with Gasteiger partial charge in [-0.05, 0) is 57.0 Å². The van der Waals surface area contributed by atoms with Crippen molar-refractivity contribution in [2.45, 2.75) is 44.2 Å². The smallest absolute Gasteiger partial charge is 0.253 e. The summed E-state index contributed by atoms with van der Waals surface area (Å²) in [6.45, 7) is 5.15. The highest BCUT2D eigenvalue weighted by atomic mass is 32.2. The molecule has 2 heterocycles. The van der Waals surface area contributed by atoms with Gasteiger partial charge in [0, 0.05) is 43.6 Å². The van der Waals surface area contributed by atoms with Crippen molar-refractivity contribution in [3.63, 3.8) is 0 Å². The minimum Gasteiger partial charge on any atom is -0.377 e. The number of para-hydroxylation sites is 1. The van der Waals surface area contributed by atoms with Gasteiger partial charge in [-0.25, -0.2) is 17.8 Å². The number of rotatable bonds is 8. The summed E-state index contributed by atoms with van der Waals surface area (Å²) in [4.78, 5) is 14.8. The predicted octanol–water partition coefficient (Wildman–Crippen LogP) is 3.22. The normalized spacial score (nSPS) is 16.0. The first kappa shape index (κ1) is 24.1. The van der Waals surface area contributed by atoms with Gasteiger partial charge in [-0.1, -0.05) is 24.3 Å². The monoisotopic (exact) mass is 482 g/mol. The molecule has 1 atom stereocenters. The van der Waals surface area contributed by atoms with Gasteiger partial charge in [-0.2, -0.15) is 5.10 Å². The maximum Gasteiger partial charge on any atom is 0.253 e. The first-order valence-corrected chi connectivity index (χ1v) is 12.8. The molecule has 1 aliphatic heterocycles. The van der Waals surface area contributed by atoms with E-state index in [9.17, 15) is 13.2 Å². The van der Waals surface area contributed by atoms with E-state index in [0.29, 0.717) is 18.7 Å². The highest BCUT2D eigenvalue weighted by Gasteiger charge is 2.23. The van der Waals surface area contributed by atoms with Crippen LogP contribution < -0.4 is 4.72 Å². The van der Waals surface area contributed by atoms with E-state index in [0.717, 1.165) is 35.5 Å². The summed E-state index contributed by atoms with van der Waals surface area (Å²) in [5.41, 5.74) is 4.03. The summed E-state index contributed by atoms with van der Waals surface area (Å²) in [5.74, 6) is -0.262. The van der Waals surface area contributed by atoms with Crippen molar-refractivity contribution in [3.05, 3.63) is 77.1 Å². The molecule has 180 valence electrons. The molecule has 9 heteroatoms. The molecule has 0 aliphatic carbocycles. The van der Waals surface area contributed by atoms with Crippen LogP contribution in [0, 0.1) is 13.8 Å². The van der Waals surface area contributed by atoms with Gasteiger partial charge in [0.25, 0.3) is 5.91 Å². The zero-order chi connectivity index (χ0) is 24.3. The van der Waals surface area contributed by atoms with Crippen LogP contribution in [0.4, 0.5) is 0 Å². The molecule has 0 radical (unpaired) electrons. The predicted molar refractivity (Wildman–Crippen MR) is 129 cm³/mol. The second-order valence-corrected chi connectivity index (χ2v) is 10.3. The fourth-order valence-corrected chi connectivity index (χ4v) is 5.25. The van der Waals surface area contributed by atoms with E-state index in [2.05, 4.69) is 9.82 Å². The number of hydrogen-bond acceptors (Lipinski definition) is 5. The molecule has 0 unspecified atom stereocenters. The summed E-state index contributed by atoms with van der Waals surface area (Å²) in [5, 5.41) is 4.65. The second kappa shape index (κ2) is 10.1. The van der Waals surface area contributed by atoms with E-state index in [-0.39, 0.29) is 23.5 Å². The third kappa shape index (κ3) is 5.22. The van der Waals surface area contributed by atoms with Gasteiger partial charge in [-0.3, -0.25) is 4.79 Å². The van der Waals surface area contributed by atoms with Gasteiger partial charge in [0.15, 0.2) is 0 Å². The van der Waals surface area contributed by atoms with Crippen LogP contribution >= 0.6 is 0 Å². The van der Waals surface area contributed by atoms with E-state index < -0.39 is 10.0 Å². The summed E-state index contributed by atoms with van der Waals surface area (Å²) in [6.07, 6.45) is 1.67. The number of sulfonamides is 1. The quantitative estimate of drug-likeness (QED) is 0.532. The Kier molecular flexibility index (Phi) is 7.16. The number of nitrogens with zero attached hydrogens (tertiary/aromatic N) is 3. The Morgan fingerprint density at radius 3 is 2.65 bits per heavy atom. The minimum absolute atomic E-state index is 0.0639. The zero-order valence-electron chi connectivity index (χ0n) is 19.7. The van der Waals surface area contributed by atoms with Crippen molar-refractivity contribution in [1.82, 2.24) is 19.4 Å². The molecule has 3 aromatic rings. The first-order valence-electron chi connectivity index (χ1n) is 11.3. The number of hydrogen-bond donors (Lipinski definition) is 1. The number of aryl methyl sites for hydroxylation is 1. The molecule has 2 aromatic carbocycles. The lowest BCUT2D eigenvalue weighted by Crippen LogP contribution is -2.32. The number of carbonyl (C=O) groups excluding carboxylic acids is 1. The average Bonchev–Trinajstić information content (AvgIpc) is 3.47. The van der Waals surface area contributed by atoms with Gasteiger partial charge >= 0.3 is 0 Å².